The summed E-state index contributed by atoms with van der Waals surface area (Å²) in [5, 5.41) is 3.15. The second-order valence-corrected chi connectivity index (χ2v) is 8.14. The number of aromatic nitrogens is 1. The number of halogens is 1. The topological polar surface area (TPSA) is 71.5 Å². The number of pyridine rings is 1. The average Bonchev–Trinajstić information content (AvgIpc) is 2.62. The summed E-state index contributed by atoms with van der Waals surface area (Å²) in [6.45, 7) is 2.44. The van der Waals surface area contributed by atoms with Gasteiger partial charge in [-0.1, -0.05) is 30.3 Å². The highest BCUT2D eigenvalue weighted by Gasteiger charge is 2.30. The van der Waals surface area contributed by atoms with Crippen LogP contribution >= 0.6 is 15.9 Å². The monoisotopic (exact) mass is 411 g/mol. The van der Waals surface area contributed by atoms with Crippen molar-refractivity contribution in [2.24, 2.45) is 0 Å². The smallest absolute Gasteiger partial charge is 0.248 e. The molecule has 1 saturated heterocycles. The fourth-order valence-electron chi connectivity index (χ4n) is 2.48. The van der Waals surface area contributed by atoms with E-state index in [0.717, 1.165) is 5.56 Å². The highest BCUT2D eigenvalue weighted by Crippen LogP contribution is 2.33. The van der Waals surface area contributed by atoms with Crippen LogP contribution in [0.25, 0.3) is 0 Å². The lowest BCUT2D eigenvalue weighted by Gasteiger charge is -2.27. The molecule has 128 valence electrons. The molecule has 0 saturated carbocycles. The summed E-state index contributed by atoms with van der Waals surface area (Å²) in [4.78, 5) is 4.10. The molecule has 0 radical (unpaired) electrons. The maximum Gasteiger partial charge on any atom is 0.248 e. The molecule has 1 aliphatic rings. The van der Waals surface area contributed by atoms with Gasteiger partial charge < -0.3 is 10.1 Å². The molecule has 2 heterocycles. The van der Waals surface area contributed by atoms with Gasteiger partial charge in [-0.25, -0.2) is 8.42 Å². The third-order valence-electron chi connectivity index (χ3n) is 3.74. The van der Waals surface area contributed by atoms with Gasteiger partial charge in [-0.2, -0.15) is 4.31 Å². The first-order valence-electron chi connectivity index (χ1n) is 7.60. The zero-order chi connectivity index (χ0) is 17.0. The molecule has 1 aromatic heterocycles. The van der Waals surface area contributed by atoms with Gasteiger partial charge in [-0.3, -0.25) is 4.98 Å². The number of hydrogen-bond donors (Lipinski definition) is 1. The minimum absolute atomic E-state index is 0.0923. The summed E-state index contributed by atoms with van der Waals surface area (Å²) < 4.78 is 33.7. The molecule has 6 nitrogen and oxygen atoms in total. The number of benzene rings is 1. The quantitative estimate of drug-likeness (QED) is 0.814. The molecular weight excluding hydrogens is 394 g/mol. The molecule has 1 N–H and O–H groups in total. The van der Waals surface area contributed by atoms with Gasteiger partial charge in [-0.05, 0) is 21.5 Å². The fraction of sp³-hybridized carbons (Fsp3) is 0.312. The second kappa shape index (κ2) is 7.60. The van der Waals surface area contributed by atoms with E-state index in [1.54, 1.807) is 0 Å². The van der Waals surface area contributed by atoms with Gasteiger partial charge in [0.05, 0.1) is 10.7 Å². The van der Waals surface area contributed by atoms with Crippen LogP contribution in [-0.4, -0.2) is 43.9 Å². The van der Waals surface area contributed by atoms with Crippen molar-refractivity contribution >= 4 is 26.0 Å². The highest BCUT2D eigenvalue weighted by atomic mass is 79.9. The second-order valence-electron chi connectivity index (χ2n) is 5.38. The molecule has 24 heavy (non-hydrogen) atoms. The van der Waals surface area contributed by atoms with Crippen LogP contribution in [0.3, 0.4) is 0 Å². The van der Waals surface area contributed by atoms with E-state index < -0.39 is 10.0 Å². The van der Waals surface area contributed by atoms with Crippen LogP contribution in [0, 0.1) is 0 Å². The van der Waals surface area contributed by atoms with Crippen molar-refractivity contribution in [2.45, 2.75) is 11.5 Å². The van der Waals surface area contributed by atoms with Crippen LogP contribution < -0.4 is 10.1 Å². The van der Waals surface area contributed by atoms with Crippen LogP contribution in [0.1, 0.15) is 5.56 Å². The highest BCUT2D eigenvalue weighted by molar-refractivity contribution is 9.10. The van der Waals surface area contributed by atoms with Crippen molar-refractivity contribution < 1.29 is 13.2 Å². The molecule has 0 aliphatic carbocycles. The van der Waals surface area contributed by atoms with E-state index >= 15 is 0 Å². The van der Waals surface area contributed by atoms with E-state index in [0.29, 0.717) is 36.4 Å². The van der Waals surface area contributed by atoms with Crippen molar-refractivity contribution in [3.8, 4) is 5.75 Å². The number of ether oxygens (including phenoxy) is 1. The Bertz CT molecular complexity index is 793. The van der Waals surface area contributed by atoms with E-state index in [1.165, 1.54) is 16.7 Å². The Kier molecular flexibility index (Phi) is 5.50. The minimum Gasteiger partial charge on any atom is -0.486 e. The third-order valence-corrected chi connectivity index (χ3v) is 6.20. The Morgan fingerprint density at radius 1 is 1.17 bits per heavy atom. The van der Waals surface area contributed by atoms with Crippen LogP contribution in [-0.2, 0) is 16.6 Å². The first kappa shape index (κ1) is 17.3. The Balaban J connectivity index is 1.89. The molecule has 2 aromatic rings. The van der Waals surface area contributed by atoms with Gasteiger partial charge in [-0.15, -0.1) is 0 Å². The van der Waals surface area contributed by atoms with Crippen molar-refractivity contribution in [3.05, 3.63) is 52.8 Å². The summed E-state index contributed by atoms with van der Waals surface area (Å²) in [7, 11) is -3.64. The van der Waals surface area contributed by atoms with Gasteiger partial charge >= 0.3 is 0 Å². The summed E-state index contributed by atoms with van der Waals surface area (Å²) in [5.41, 5.74) is 0.965. The Morgan fingerprint density at radius 2 is 1.88 bits per heavy atom. The summed E-state index contributed by atoms with van der Waals surface area (Å²) in [6.07, 6.45) is 2.89. The number of sulfonamides is 1. The molecule has 3 rings (SSSR count). The SMILES string of the molecule is O=S(=O)(c1cncc(Br)c1OCc1ccccc1)N1CCNCC1. The molecule has 8 heteroatoms. The number of nitrogens with one attached hydrogen (secondary N) is 1. The van der Waals surface area contributed by atoms with Gasteiger partial charge in [0.1, 0.15) is 11.5 Å². The molecule has 0 spiro atoms. The van der Waals surface area contributed by atoms with Crippen molar-refractivity contribution in [3.63, 3.8) is 0 Å². The lowest BCUT2D eigenvalue weighted by Crippen LogP contribution is -2.46. The molecule has 0 unspecified atom stereocenters. The van der Waals surface area contributed by atoms with Crippen molar-refractivity contribution in [2.75, 3.05) is 26.2 Å². The van der Waals surface area contributed by atoms with Gasteiger partial charge in [0, 0.05) is 32.4 Å². The normalized spacial score (nSPS) is 16.0. The zero-order valence-corrected chi connectivity index (χ0v) is 15.4. The van der Waals surface area contributed by atoms with Crippen LogP contribution in [0.2, 0.25) is 0 Å². The first-order chi connectivity index (χ1) is 11.6. The van der Waals surface area contributed by atoms with E-state index in [1.807, 2.05) is 30.3 Å². The van der Waals surface area contributed by atoms with Gasteiger partial charge in [0.15, 0.2) is 5.75 Å². The largest absolute Gasteiger partial charge is 0.486 e. The number of hydrogen-bond acceptors (Lipinski definition) is 5. The van der Waals surface area contributed by atoms with E-state index in [-0.39, 0.29) is 11.5 Å². The predicted octanol–water partition coefficient (Wildman–Crippen LogP) is 2.02. The lowest BCUT2D eigenvalue weighted by atomic mass is 10.2. The third kappa shape index (κ3) is 3.77. The maximum absolute atomic E-state index is 12.9. The molecule has 1 aromatic carbocycles. The van der Waals surface area contributed by atoms with E-state index in [9.17, 15) is 8.42 Å². The molecule has 0 bridgehead atoms. The summed E-state index contributed by atoms with van der Waals surface area (Å²) in [6, 6.07) is 9.61. The van der Waals surface area contributed by atoms with Crippen LogP contribution in [0.5, 0.6) is 5.75 Å². The molecule has 1 aliphatic heterocycles. The van der Waals surface area contributed by atoms with E-state index in [2.05, 4.69) is 26.2 Å². The Hall–Kier alpha value is -1.48. The first-order valence-corrected chi connectivity index (χ1v) is 9.83. The van der Waals surface area contributed by atoms with Gasteiger partial charge in [0.2, 0.25) is 10.0 Å². The molecular formula is C16H18BrN3O3S. The van der Waals surface area contributed by atoms with Crippen molar-refractivity contribution in [1.82, 2.24) is 14.6 Å². The maximum atomic E-state index is 12.9. The van der Waals surface area contributed by atoms with Crippen LogP contribution in [0.4, 0.5) is 0 Å². The number of nitrogens with zero attached hydrogens (tertiary/aromatic N) is 2. The Morgan fingerprint density at radius 3 is 2.58 bits per heavy atom. The minimum atomic E-state index is -3.64. The van der Waals surface area contributed by atoms with Crippen LogP contribution in [0.15, 0.2) is 52.1 Å². The van der Waals surface area contributed by atoms with Gasteiger partial charge in [0.25, 0.3) is 0 Å². The fourth-order valence-corrected chi connectivity index (χ4v) is 4.60. The summed E-state index contributed by atoms with van der Waals surface area (Å²) >= 11 is 3.35. The molecule has 0 atom stereocenters. The Labute approximate surface area is 150 Å². The molecule has 1 fully saturated rings. The number of piperazine rings is 1. The lowest BCUT2D eigenvalue weighted by molar-refractivity contribution is 0.292. The number of rotatable bonds is 5. The summed E-state index contributed by atoms with van der Waals surface area (Å²) in [5.74, 6) is 0.299. The standard InChI is InChI=1S/C16H18BrN3O3S/c17-14-10-19-11-15(24(21,22)20-8-6-18-7-9-20)16(14)23-12-13-4-2-1-3-5-13/h1-5,10-11,18H,6-9,12H2. The molecule has 0 amide bonds. The average molecular weight is 412 g/mol. The van der Waals surface area contributed by atoms with E-state index in [4.69, 9.17) is 4.74 Å². The zero-order valence-electron chi connectivity index (χ0n) is 13.0. The van der Waals surface area contributed by atoms with Crippen molar-refractivity contribution in [1.29, 1.82) is 0 Å². The predicted molar refractivity (Wildman–Crippen MR) is 94.3 cm³/mol.